The summed E-state index contributed by atoms with van der Waals surface area (Å²) >= 11 is 0. The first kappa shape index (κ1) is 23.0. The molecule has 2 aromatic carbocycles. The molecule has 0 aliphatic carbocycles. The van der Waals surface area contributed by atoms with Gasteiger partial charge in [-0.1, -0.05) is 24.3 Å². The third-order valence-corrected chi connectivity index (χ3v) is 5.80. The maximum atomic E-state index is 13.3. The van der Waals surface area contributed by atoms with Crippen molar-refractivity contribution in [2.75, 3.05) is 13.7 Å². The second-order valence-corrected chi connectivity index (χ2v) is 7.94. The first-order chi connectivity index (χ1) is 16.5. The lowest BCUT2D eigenvalue weighted by molar-refractivity contribution is -0.140. The van der Waals surface area contributed by atoms with E-state index in [0.29, 0.717) is 29.2 Å². The molecule has 1 saturated heterocycles. The minimum Gasteiger partial charge on any atom is -0.507 e. The van der Waals surface area contributed by atoms with Crippen LogP contribution in [-0.4, -0.2) is 40.4 Å². The van der Waals surface area contributed by atoms with Gasteiger partial charge in [0, 0.05) is 30.1 Å². The number of methoxy groups -OCH3 is 1. The van der Waals surface area contributed by atoms with Gasteiger partial charge in [-0.3, -0.25) is 14.6 Å². The number of amides is 1. The van der Waals surface area contributed by atoms with E-state index >= 15 is 0 Å². The highest BCUT2D eigenvalue weighted by Gasteiger charge is 2.47. The molecule has 1 aromatic heterocycles. The number of aryl methyl sites for hydroxylation is 1. The van der Waals surface area contributed by atoms with Crippen LogP contribution < -0.4 is 9.47 Å². The molecule has 7 heteroatoms. The highest BCUT2D eigenvalue weighted by Crippen LogP contribution is 2.43. The number of hydrogen-bond donors (Lipinski definition) is 1. The van der Waals surface area contributed by atoms with Crippen molar-refractivity contribution in [1.29, 1.82) is 0 Å². The van der Waals surface area contributed by atoms with Crippen molar-refractivity contribution in [2.45, 2.75) is 26.4 Å². The number of pyridine rings is 1. The average Bonchev–Trinajstić information content (AvgIpc) is 3.10. The highest BCUT2D eigenvalue weighted by atomic mass is 16.5. The lowest BCUT2D eigenvalue weighted by Crippen LogP contribution is -2.29. The summed E-state index contributed by atoms with van der Waals surface area (Å²) in [5.74, 6) is -0.474. The maximum Gasteiger partial charge on any atom is 0.295 e. The van der Waals surface area contributed by atoms with Crippen LogP contribution in [0, 0.1) is 6.92 Å². The number of rotatable bonds is 7. The van der Waals surface area contributed by atoms with Gasteiger partial charge in [-0.15, -0.1) is 0 Å². The molecular formula is C27H26N2O5. The van der Waals surface area contributed by atoms with Gasteiger partial charge >= 0.3 is 0 Å². The molecule has 1 amide bonds. The highest BCUT2D eigenvalue weighted by molar-refractivity contribution is 6.46. The maximum absolute atomic E-state index is 13.3. The number of carbonyl (C=O) groups is 2. The summed E-state index contributed by atoms with van der Waals surface area (Å²) < 4.78 is 11.1. The predicted octanol–water partition coefficient (Wildman–Crippen LogP) is 4.42. The van der Waals surface area contributed by atoms with E-state index in [4.69, 9.17) is 9.47 Å². The van der Waals surface area contributed by atoms with Crippen LogP contribution in [0.4, 0.5) is 0 Å². The quantitative estimate of drug-likeness (QED) is 0.320. The molecule has 1 aliphatic rings. The zero-order chi connectivity index (χ0) is 24.2. The number of ether oxygens (including phenoxy) is 2. The Hall–Kier alpha value is -4.13. The first-order valence-corrected chi connectivity index (χ1v) is 11.0. The van der Waals surface area contributed by atoms with Crippen molar-refractivity contribution in [2.24, 2.45) is 0 Å². The Labute approximate surface area is 198 Å². The van der Waals surface area contributed by atoms with Crippen LogP contribution in [-0.2, 0) is 16.1 Å². The molecule has 0 radical (unpaired) electrons. The van der Waals surface area contributed by atoms with E-state index in [1.807, 2.05) is 32.0 Å². The number of aliphatic hydroxyl groups is 1. The molecule has 1 N–H and O–H groups in total. The normalized spacial score (nSPS) is 17.1. The molecule has 1 unspecified atom stereocenters. The number of nitrogens with zero attached hydrogens (tertiary/aromatic N) is 2. The minimum atomic E-state index is -0.830. The Morgan fingerprint density at radius 1 is 1.09 bits per heavy atom. The number of Topliss-reactive ketones (excluding diaryl/α,β-unsaturated/α-hetero) is 1. The van der Waals surface area contributed by atoms with E-state index in [9.17, 15) is 14.7 Å². The monoisotopic (exact) mass is 458 g/mol. The van der Waals surface area contributed by atoms with Crippen molar-refractivity contribution in [3.8, 4) is 11.5 Å². The van der Waals surface area contributed by atoms with E-state index in [1.165, 1.54) is 12.0 Å². The van der Waals surface area contributed by atoms with Gasteiger partial charge in [-0.05, 0) is 55.3 Å². The molecule has 174 valence electrons. The summed E-state index contributed by atoms with van der Waals surface area (Å²) in [6.07, 6.45) is 3.29. The SMILES string of the molecule is CCOc1ccc(/C(O)=C2\C(=O)C(=O)N(Cc3cccnc3)C2c2ccccc2OC)cc1C. The fraction of sp³-hybridized carbons (Fsp3) is 0.222. The van der Waals surface area contributed by atoms with Crippen molar-refractivity contribution in [1.82, 2.24) is 9.88 Å². The fourth-order valence-electron chi connectivity index (χ4n) is 4.22. The molecule has 0 spiro atoms. The van der Waals surface area contributed by atoms with E-state index in [2.05, 4.69) is 4.98 Å². The number of carbonyl (C=O) groups excluding carboxylic acids is 2. The molecule has 1 aliphatic heterocycles. The van der Waals surface area contributed by atoms with Crippen molar-refractivity contribution < 1.29 is 24.2 Å². The molecule has 1 atom stereocenters. The molecular weight excluding hydrogens is 432 g/mol. The van der Waals surface area contributed by atoms with Crippen LogP contribution >= 0.6 is 0 Å². The van der Waals surface area contributed by atoms with Gasteiger partial charge in [-0.25, -0.2) is 0 Å². The Bertz CT molecular complexity index is 1250. The summed E-state index contributed by atoms with van der Waals surface area (Å²) in [4.78, 5) is 32.0. The van der Waals surface area contributed by atoms with Gasteiger partial charge < -0.3 is 19.5 Å². The Morgan fingerprint density at radius 3 is 2.56 bits per heavy atom. The smallest absolute Gasteiger partial charge is 0.295 e. The zero-order valence-corrected chi connectivity index (χ0v) is 19.3. The second kappa shape index (κ2) is 9.79. The van der Waals surface area contributed by atoms with E-state index in [1.54, 1.807) is 48.8 Å². The van der Waals surface area contributed by atoms with Crippen LogP contribution in [0.3, 0.4) is 0 Å². The summed E-state index contributed by atoms with van der Waals surface area (Å²) in [6, 6.07) is 15.1. The number of benzene rings is 2. The van der Waals surface area contributed by atoms with Gasteiger partial charge in [0.25, 0.3) is 11.7 Å². The van der Waals surface area contributed by atoms with Gasteiger partial charge in [0.1, 0.15) is 17.3 Å². The van der Waals surface area contributed by atoms with Gasteiger partial charge in [0.2, 0.25) is 0 Å². The van der Waals surface area contributed by atoms with Crippen molar-refractivity contribution in [3.63, 3.8) is 0 Å². The van der Waals surface area contributed by atoms with Crippen LogP contribution in [0.2, 0.25) is 0 Å². The molecule has 3 aromatic rings. The number of ketones is 1. The number of likely N-dealkylation sites (tertiary alicyclic amines) is 1. The topological polar surface area (TPSA) is 89.0 Å². The third kappa shape index (κ3) is 4.24. The molecule has 7 nitrogen and oxygen atoms in total. The van der Waals surface area contributed by atoms with Crippen LogP contribution in [0.25, 0.3) is 5.76 Å². The summed E-state index contributed by atoms with van der Waals surface area (Å²) in [5.41, 5.74) is 2.63. The zero-order valence-electron chi connectivity index (χ0n) is 19.3. The number of hydrogen-bond acceptors (Lipinski definition) is 6. The first-order valence-electron chi connectivity index (χ1n) is 11.0. The minimum absolute atomic E-state index is 0.0157. The third-order valence-electron chi connectivity index (χ3n) is 5.80. The molecule has 1 fully saturated rings. The average molecular weight is 459 g/mol. The van der Waals surface area contributed by atoms with Crippen LogP contribution in [0.5, 0.6) is 11.5 Å². The van der Waals surface area contributed by atoms with E-state index < -0.39 is 17.7 Å². The fourth-order valence-corrected chi connectivity index (χ4v) is 4.22. The van der Waals surface area contributed by atoms with Gasteiger partial charge in [0.05, 0.1) is 25.3 Å². The molecule has 4 rings (SSSR count). The van der Waals surface area contributed by atoms with Crippen LogP contribution in [0.1, 0.15) is 35.2 Å². The summed E-state index contributed by atoms with van der Waals surface area (Å²) in [5, 5.41) is 11.3. The van der Waals surface area contributed by atoms with E-state index in [-0.39, 0.29) is 17.9 Å². The molecule has 0 bridgehead atoms. The van der Waals surface area contributed by atoms with Crippen molar-refractivity contribution in [3.05, 3.63) is 94.8 Å². The predicted molar refractivity (Wildman–Crippen MR) is 127 cm³/mol. The Balaban J connectivity index is 1.88. The van der Waals surface area contributed by atoms with E-state index in [0.717, 1.165) is 11.1 Å². The standard InChI is InChI=1S/C27H26N2O5/c1-4-34-21-12-11-19(14-17(21)2)25(30)23-24(20-9-5-6-10-22(20)33-3)29(27(32)26(23)31)16-18-8-7-13-28-15-18/h5-15,24,30H,4,16H2,1-3H3/b25-23+. The summed E-state index contributed by atoms with van der Waals surface area (Å²) in [7, 11) is 1.53. The number of aliphatic hydroxyl groups excluding tert-OH is 1. The molecule has 34 heavy (non-hydrogen) atoms. The lowest BCUT2D eigenvalue weighted by atomic mass is 9.94. The number of aromatic nitrogens is 1. The van der Waals surface area contributed by atoms with Crippen LogP contribution in [0.15, 0.2) is 72.6 Å². The molecule has 0 saturated carbocycles. The largest absolute Gasteiger partial charge is 0.507 e. The summed E-state index contributed by atoms with van der Waals surface area (Å²) in [6.45, 7) is 4.42. The van der Waals surface area contributed by atoms with Gasteiger partial charge in [0.15, 0.2) is 0 Å². The molecule has 2 heterocycles. The van der Waals surface area contributed by atoms with Crippen molar-refractivity contribution >= 4 is 17.4 Å². The second-order valence-electron chi connectivity index (χ2n) is 7.94. The lowest BCUT2D eigenvalue weighted by Gasteiger charge is -2.26. The Kier molecular flexibility index (Phi) is 6.63. The Morgan fingerprint density at radius 2 is 1.88 bits per heavy atom. The van der Waals surface area contributed by atoms with Gasteiger partial charge in [-0.2, -0.15) is 0 Å². The number of para-hydroxylation sites is 1.